The molecule has 1 fully saturated rings. The standard InChI is InChI=1S/C25H41N3O4/c1-23(2,3)31-21(29)27-19(18-12-10-9-11-13-18)16-26-20-14-15-28(17-25(20,7)8)22(30)32-24(4,5)6/h9-13,19-20,26H,14-17H2,1-8H3,(H,27,29). The Morgan fingerprint density at radius 1 is 1.06 bits per heavy atom. The smallest absolute Gasteiger partial charge is 0.410 e. The van der Waals surface area contributed by atoms with Gasteiger partial charge in [-0.2, -0.15) is 0 Å². The Morgan fingerprint density at radius 2 is 1.66 bits per heavy atom. The van der Waals surface area contributed by atoms with Crippen molar-refractivity contribution in [1.82, 2.24) is 15.5 Å². The van der Waals surface area contributed by atoms with Crippen molar-refractivity contribution in [2.24, 2.45) is 5.41 Å². The molecule has 1 aliphatic rings. The minimum atomic E-state index is -0.560. The van der Waals surface area contributed by atoms with Crippen molar-refractivity contribution < 1.29 is 19.1 Å². The Hall–Kier alpha value is -2.28. The van der Waals surface area contributed by atoms with Crippen LogP contribution in [0.4, 0.5) is 9.59 Å². The minimum absolute atomic E-state index is 0.150. The van der Waals surface area contributed by atoms with Gasteiger partial charge in [-0.1, -0.05) is 44.2 Å². The first-order valence-electron chi connectivity index (χ1n) is 11.4. The lowest BCUT2D eigenvalue weighted by molar-refractivity contribution is 0.00187. The summed E-state index contributed by atoms with van der Waals surface area (Å²) in [6.07, 6.45) is 0.102. The van der Waals surface area contributed by atoms with Crippen molar-refractivity contribution in [1.29, 1.82) is 0 Å². The number of amides is 2. The summed E-state index contributed by atoms with van der Waals surface area (Å²) in [5.74, 6) is 0. The maximum absolute atomic E-state index is 12.5. The number of hydrogen-bond acceptors (Lipinski definition) is 5. The van der Waals surface area contributed by atoms with Crippen molar-refractivity contribution in [2.75, 3.05) is 19.6 Å². The molecule has 0 saturated carbocycles. The zero-order chi connectivity index (χ0) is 24.2. The average molecular weight is 448 g/mol. The first-order chi connectivity index (χ1) is 14.7. The number of nitrogens with one attached hydrogen (secondary N) is 2. The first-order valence-corrected chi connectivity index (χ1v) is 11.4. The summed E-state index contributed by atoms with van der Waals surface area (Å²) in [5, 5.41) is 6.64. The number of likely N-dealkylation sites (tertiary alicyclic amines) is 1. The molecule has 1 heterocycles. The van der Waals surface area contributed by atoms with Crippen LogP contribution in [0.2, 0.25) is 0 Å². The first kappa shape index (κ1) is 26.0. The molecule has 7 heteroatoms. The molecule has 7 nitrogen and oxygen atoms in total. The van der Waals surface area contributed by atoms with E-state index in [4.69, 9.17) is 9.47 Å². The molecule has 2 amide bonds. The van der Waals surface area contributed by atoms with Gasteiger partial charge in [0.15, 0.2) is 0 Å². The summed E-state index contributed by atoms with van der Waals surface area (Å²) in [6, 6.07) is 9.83. The van der Waals surface area contributed by atoms with Gasteiger partial charge in [0.25, 0.3) is 0 Å². The third-order valence-electron chi connectivity index (χ3n) is 5.34. The number of hydrogen-bond donors (Lipinski definition) is 2. The third kappa shape index (κ3) is 8.34. The van der Waals surface area contributed by atoms with Gasteiger partial charge in [0.05, 0.1) is 6.04 Å². The number of nitrogens with zero attached hydrogens (tertiary/aromatic N) is 1. The number of piperidine rings is 1. The SMILES string of the molecule is CC(C)(C)OC(=O)NC(CNC1CCN(C(=O)OC(C)(C)C)CC1(C)C)c1ccccc1. The van der Waals surface area contributed by atoms with E-state index in [-0.39, 0.29) is 23.6 Å². The highest BCUT2D eigenvalue weighted by molar-refractivity contribution is 5.69. The molecule has 0 aliphatic carbocycles. The fourth-order valence-corrected chi connectivity index (χ4v) is 3.86. The second-order valence-electron chi connectivity index (χ2n) is 11.2. The van der Waals surface area contributed by atoms with Crippen molar-refractivity contribution in [3.05, 3.63) is 35.9 Å². The number of carbonyl (C=O) groups is 2. The Bertz CT molecular complexity index is 766. The topological polar surface area (TPSA) is 79.9 Å². The van der Waals surface area contributed by atoms with E-state index in [1.807, 2.05) is 71.9 Å². The molecule has 180 valence electrons. The van der Waals surface area contributed by atoms with Gasteiger partial charge in [-0.3, -0.25) is 0 Å². The lowest BCUT2D eigenvalue weighted by Crippen LogP contribution is -2.57. The maximum atomic E-state index is 12.5. The van der Waals surface area contributed by atoms with Crippen molar-refractivity contribution >= 4 is 12.2 Å². The van der Waals surface area contributed by atoms with E-state index in [0.717, 1.165) is 12.0 Å². The second kappa shape index (κ2) is 10.1. The fraction of sp³-hybridized carbons (Fsp3) is 0.680. The molecule has 0 aromatic heterocycles. The number of alkyl carbamates (subject to hydrolysis) is 1. The van der Waals surface area contributed by atoms with E-state index in [0.29, 0.717) is 19.6 Å². The molecule has 0 bridgehead atoms. The molecule has 1 saturated heterocycles. The molecule has 2 rings (SSSR count). The van der Waals surface area contributed by atoms with Gasteiger partial charge < -0.3 is 25.0 Å². The molecular formula is C25H41N3O4. The van der Waals surface area contributed by atoms with E-state index < -0.39 is 17.3 Å². The summed E-state index contributed by atoms with van der Waals surface area (Å²) in [7, 11) is 0. The monoisotopic (exact) mass is 447 g/mol. The largest absolute Gasteiger partial charge is 0.444 e. The van der Waals surface area contributed by atoms with E-state index in [9.17, 15) is 9.59 Å². The molecule has 2 N–H and O–H groups in total. The summed E-state index contributed by atoms with van der Waals surface area (Å²) >= 11 is 0. The van der Waals surface area contributed by atoms with E-state index in [1.54, 1.807) is 4.90 Å². The number of benzene rings is 1. The van der Waals surface area contributed by atoms with Gasteiger partial charge in [-0.05, 0) is 58.9 Å². The Balaban J connectivity index is 2.02. The highest BCUT2D eigenvalue weighted by Gasteiger charge is 2.39. The number of rotatable bonds is 5. The van der Waals surface area contributed by atoms with Crippen LogP contribution in [0.25, 0.3) is 0 Å². The van der Waals surface area contributed by atoms with Crippen molar-refractivity contribution in [3.8, 4) is 0 Å². The molecule has 0 spiro atoms. The summed E-state index contributed by atoms with van der Waals surface area (Å²) < 4.78 is 11.0. The molecule has 2 atom stereocenters. The van der Waals surface area contributed by atoms with Gasteiger partial charge in [0.2, 0.25) is 0 Å². The van der Waals surface area contributed by atoms with Crippen LogP contribution in [0.3, 0.4) is 0 Å². The third-order valence-corrected chi connectivity index (χ3v) is 5.34. The lowest BCUT2D eigenvalue weighted by atomic mass is 9.79. The van der Waals surface area contributed by atoms with E-state index >= 15 is 0 Å². The average Bonchev–Trinajstić information content (AvgIpc) is 2.63. The highest BCUT2D eigenvalue weighted by Crippen LogP contribution is 2.30. The predicted molar refractivity (Wildman–Crippen MR) is 127 cm³/mol. The van der Waals surface area contributed by atoms with Crippen LogP contribution in [0.5, 0.6) is 0 Å². The van der Waals surface area contributed by atoms with Crippen LogP contribution in [-0.4, -0.2) is 54.0 Å². The summed E-state index contributed by atoms with van der Waals surface area (Å²) in [6.45, 7) is 17.3. The highest BCUT2D eigenvalue weighted by atomic mass is 16.6. The Kier molecular flexibility index (Phi) is 8.21. The van der Waals surface area contributed by atoms with E-state index in [2.05, 4.69) is 24.5 Å². The normalized spacial score (nSPS) is 19.8. The van der Waals surface area contributed by atoms with Gasteiger partial charge in [-0.15, -0.1) is 0 Å². The second-order valence-corrected chi connectivity index (χ2v) is 11.2. The zero-order valence-corrected chi connectivity index (χ0v) is 21.0. The molecular weight excluding hydrogens is 406 g/mol. The maximum Gasteiger partial charge on any atom is 0.410 e. The summed E-state index contributed by atoms with van der Waals surface area (Å²) in [5.41, 5.74) is -0.209. The number of ether oxygens (including phenoxy) is 2. The molecule has 2 unspecified atom stereocenters. The predicted octanol–water partition coefficient (Wildman–Crippen LogP) is 4.88. The van der Waals surface area contributed by atoms with Crippen LogP contribution in [0.15, 0.2) is 30.3 Å². The van der Waals surface area contributed by atoms with Crippen molar-refractivity contribution in [2.45, 2.75) is 85.1 Å². The molecule has 1 aliphatic heterocycles. The van der Waals surface area contributed by atoms with Crippen LogP contribution >= 0.6 is 0 Å². The lowest BCUT2D eigenvalue weighted by Gasteiger charge is -2.45. The Labute approximate surface area is 193 Å². The minimum Gasteiger partial charge on any atom is -0.444 e. The van der Waals surface area contributed by atoms with Crippen LogP contribution < -0.4 is 10.6 Å². The quantitative estimate of drug-likeness (QED) is 0.673. The Morgan fingerprint density at radius 3 is 2.19 bits per heavy atom. The summed E-state index contributed by atoms with van der Waals surface area (Å²) in [4.78, 5) is 26.7. The van der Waals surface area contributed by atoms with E-state index in [1.165, 1.54) is 0 Å². The van der Waals surface area contributed by atoms with Crippen LogP contribution in [0.1, 0.15) is 73.4 Å². The van der Waals surface area contributed by atoms with Crippen LogP contribution in [0, 0.1) is 5.41 Å². The number of carbonyl (C=O) groups excluding carboxylic acids is 2. The molecule has 1 aromatic rings. The zero-order valence-electron chi connectivity index (χ0n) is 21.0. The van der Waals surface area contributed by atoms with Crippen molar-refractivity contribution in [3.63, 3.8) is 0 Å². The van der Waals surface area contributed by atoms with Gasteiger partial charge in [0, 0.05) is 25.7 Å². The van der Waals surface area contributed by atoms with Crippen LogP contribution in [-0.2, 0) is 9.47 Å². The van der Waals surface area contributed by atoms with Gasteiger partial charge >= 0.3 is 12.2 Å². The van der Waals surface area contributed by atoms with Gasteiger partial charge in [-0.25, -0.2) is 9.59 Å². The molecule has 0 radical (unpaired) electrons. The fourth-order valence-electron chi connectivity index (χ4n) is 3.86. The molecule has 1 aromatic carbocycles. The van der Waals surface area contributed by atoms with Gasteiger partial charge in [0.1, 0.15) is 11.2 Å². The molecule has 32 heavy (non-hydrogen) atoms.